The molecule has 1 saturated heterocycles. The van der Waals surface area contributed by atoms with E-state index in [4.69, 9.17) is 4.74 Å². The summed E-state index contributed by atoms with van der Waals surface area (Å²) < 4.78 is 6.04. The van der Waals surface area contributed by atoms with Crippen LogP contribution in [0, 0.1) is 0 Å². The van der Waals surface area contributed by atoms with Crippen LogP contribution in [-0.2, 0) is 10.2 Å². The number of nitrogens with zero attached hydrogens (tertiary/aromatic N) is 1. The molecule has 4 nitrogen and oxygen atoms in total. The van der Waals surface area contributed by atoms with Crippen molar-refractivity contribution in [1.82, 2.24) is 4.90 Å². The minimum atomic E-state index is -0.686. The Morgan fingerprint density at radius 2 is 1.77 bits per heavy atom. The van der Waals surface area contributed by atoms with Crippen molar-refractivity contribution in [3.63, 3.8) is 0 Å². The second-order valence-corrected chi connectivity index (χ2v) is 6.74. The molecule has 1 N–H and O–H groups in total. The summed E-state index contributed by atoms with van der Waals surface area (Å²) in [6.07, 6.45) is 5.88. The third-order valence-electron chi connectivity index (χ3n) is 5.24. The van der Waals surface area contributed by atoms with Crippen molar-refractivity contribution >= 4 is 5.97 Å². The second-order valence-electron chi connectivity index (χ2n) is 6.74. The standard InChI is InChI=1S/C18H25NO3/c1-19-12-8-16(9-13-19)22-15-6-4-14(5-7-15)18(17(20)21)10-2-3-11-18/h4-7,16H,2-3,8-13H2,1H3,(H,20,21). The molecule has 0 aromatic heterocycles. The average Bonchev–Trinajstić information content (AvgIpc) is 3.01. The number of piperidine rings is 1. The Morgan fingerprint density at radius 3 is 2.32 bits per heavy atom. The number of likely N-dealkylation sites (tertiary alicyclic amines) is 1. The number of carbonyl (C=O) groups is 1. The monoisotopic (exact) mass is 303 g/mol. The van der Waals surface area contributed by atoms with Gasteiger partial charge in [0.05, 0.1) is 5.41 Å². The molecule has 1 aromatic carbocycles. The van der Waals surface area contributed by atoms with Gasteiger partial charge < -0.3 is 14.7 Å². The molecule has 1 heterocycles. The lowest BCUT2D eigenvalue weighted by molar-refractivity contribution is -0.143. The molecule has 3 rings (SSSR count). The summed E-state index contributed by atoms with van der Waals surface area (Å²) >= 11 is 0. The molecule has 2 aliphatic rings. The largest absolute Gasteiger partial charge is 0.490 e. The van der Waals surface area contributed by atoms with E-state index in [1.807, 2.05) is 24.3 Å². The Bertz CT molecular complexity index is 512. The van der Waals surface area contributed by atoms with Gasteiger partial charge in [-0.25, -0.2) is 0 Å². The molecule has 1 aliphatic heterocycles. The molecule has 0 amide bonds. The molecule has 22 heavy (non-hydrogen) atoms. The minimum absolute atomic E-state index is 0.280. The maximum absolute atomic E-state index is 11.7. The van der Waals surface area contributed by atoms with Crippen molar-refractivity contribution < 1.29 is 14.6 Å². The number of ether oxygens (including phenoxy) is 1. The molecule has 4 heteroatoms. The van der Waals surface area contributed by atoms with Crippen LogP contribution in [0.2, 0.25) is 0 Å². The number of hydrogen-bond acceptors (Lipinski definition) is 3. The smallest absolute Gasteiger partial charge is 0.314 e. The minimum Gasteiger partial charge on any atom is -0.490 e. The topological polar surface area (TPSA) is 49.8 Å². The zero-order valence-corrected chi connectivity index (χ0v) is 13.3. The molecule has 0 atom stereocenters. The highest BCUT2D eigenvalue weighted by molar-refractivity contribution is 5.81. The first-order chi connectivity index (χ1) is 10.6. The molecular formula is C18H25NO3. The Balaban J connectivity index is 1.68. The van der Waals surface area contributed by atoms with Gasteiger partial charge in [0.15, 0.2) is 0 Å². The number of benzene rings is 1. The summed E-state index contributed by atoms with van der Waals surface area (Å²) in [6, 6.07) is 7.78. The number of carboxylic acids is 1. The van der Waals surface area contributed by atoms with Crippen LogP contribution < -0.4 is 4.74 Å². The van der Waals surface area contributed by atoms with Crippen LogP contribution in [0.25, 0.3) is 0 Å². The third kappa shape index (κ3) is 2.98. The Morgan fingerprint density at radius 1 is 1.18 bits per heavy atom. The van der Waals surface area contributed by atoms with Gasteiger partial charge in [-0.05, 0) is 50.4 Å². The fraction of sp³-hybridized carbons (Fsp3) is 0.611. The Hall–Kier alpha value is -1.55. The first-order valence-corrected chi connectivity index (χ1v) is 8.29. The first-order valence-electron chi connectivity index (χ1n) is 8.29. The SMILES string of the molecule is CN1CCC(Oc2ccc(C3(C(=O)O)CCCC3)cc2)CC1. The molecule has 1 saturated carbocycles. The molecule has 120 valence electrons. The zero-order chi connectivity index (χ0) is 15.6. The van der Waals surface area contributed by atoms with Gasteiger partial charge in [-0.1, -0.05) is 25.0 Å². The summed E-state index contributed by atoms with van der Waals surface area (Å²) in [5.41, 5.74) is 0.250. The van der Waals surface area contributed by atoms with Gasteiger partial charge in [0.25, 0.3) is 0 Å². The maximum atomic E-state index is 11.7. The van der Waals surface area contributed by atoms with Gasteiger partial charge in [0.2, 0.25) is 0 Å². The van der Waals surface area contributed by atoms with Crippen molar-refractivity contribution in [2.45, 2.75) is 50.0 Å². The summed E-state index contributed by atoms with van der Waals surface area (Å²) in [5, 5.41) is 9.64. The van der Waals surface area contributed by atoms with Gasteiger partial charge >= 0.3 is 5.97 Å². The van der Waals surface area contributed by atoms with Gasteiger partial charge in [0, 0.05) is 13.1 Å². The summed E-state index contributed by atoms with van der Waals surface area (Å²) in [5.74, 6) is 0.172. The highest BCUT2D eigenvalue weighted by Gasteiger charge is 2.42. The fourth-order valence-corrected chi connectivity index (χ4v) is 3.75. The lowest BCUT2D eigenvalue weighted by Gasteiger charge is -2.29. The van der Waals surface area contributed by atoms with Crippen LogP contribution in [0.3, 0.4) is 0 Å². The molecule has 1 aromatic rings. The van der Waals surface area contributed by atoms with Crippen LogP contribution in [0.5, 0.6) is 5.75 Å². The zero-order valence-electron chi connectivity index (χ0n) is 13.3. The van der Waals surface area contributed by atoms with E-state index >= 15 is 0 Å². The molecule has 1 aliphatic carbocycles. The average molecular weight is 303 g/mol. The van der Waals surface area contributed by atoms with Gasteiger partial charge in [0.1, 0.15) is 11.9 Å². The number of rotatable bonds is 4. The maximum Gasteiger partial charge on any atom is 0.314 e. The molecule has 0 unspecified atom stereocenters. The molecule has 0 radical (unpaired) electrons. The second kappa shape index (κ2) is 6.29. The first kappa shape index (κ1) is 15.3. The molecule has 0 spiro atoms. The van der Waals surface area contributed by atoms with Crippen molar-refractivity contribution in [3.8, 4) is 5.75 Å². The third-order valence-corrected chi connectivity index (χ3v) is 5.24. The van der Waals surface area contributed by atoms with Crippen molar-refractivity contribution in [3.05, 3.63) is 29.8 Å². The van der Waals surface area contributed by atoms with E-state index in [9.17, 15) is 9.90 Å². The van der Waals surface area contributed by atoms with E-state index < -0.39 is 11.4 Å². The van der Waals surface area contributed by atoms with Gasteiger partial charge in [-0.15, -0.1) is 0 Å². The number of hydrogen-bond donors (Lipinski definition) is 1. The van der Waals surface area contributed by atoms with Crippen LogP contribution in [-0.4, -0.2) is 42.2 Å². The van der Waals surface area contributed by atoms with Crippen LogP contribution in [0.1, 0.15) is 44.1 Å². The highest BCUT2D eigenvalue weighted by Crippen LogP contribution is 2.41. The van der Waals surface area contributed by atoms with Crippen molar-refractivity contribution in [2.24, 2.45) is 0 Å². The van der Waals surface area contributed by atoms with Crippen LogP contribution in [0.4, 0.5) is 0 Å². The summed E-state index contributed by atoms with van der Waals surface area (Å²) in [4.78, 5) is 14.0. The van der Waals surface area contributed by atoms with Gasteiger partial charge in [-0.3, -0.25) is 4.79 Å². The van der Waals surface area contributed by atoms with Crippen LogP contribution in [0.15, 0.2) is 24.3 Å². The molecule has 0 bridgehead atoms. The number of aliphatic carboxylic acids is 1. The molecular weight excluding hydrogens is 278 g/mol. The van der Waals surface area contributed by atoms with E-state index in [1.165, 1.54) is 0 Å². The predicted molar refractivity (Wildman–Crippen MR) is 85.4 cm³/mol. The van der Waals surface area contributed by atoms with Crippen LogP contribution >= 0.6 is 0 Å². The Labute approximate surface area is 132 Å². The van der Waals surface area contributed by atoms with E-state index in [2.05, 4.69) is 11.9 Å². The highest BCUT2D eigenvalue weighted by atomic mass is 16.5. The van der Waals surface area contributed by atoms with E-state index in [0.717, 1.165) is 62.9 Å². The van der Waals surface area contributed by atoms with E-state index in [-0.39, 0.29) is 6.10 Å². The Kier molecular flexibility index (Phi) is 4.39. The molecule has 2 fully saturated rings. The lowest BCUT2D eigenvalue weighted by atomic mass is 9.79. The van der Waals surface area contributed by atoms with Gasteiger partial charge in [-0.2, -0.15) is 0 Å². The summed E-state index contributed by atoms with van der Waals surface area (Å²) in [6.45, 7) is 2.15. The normalized spacial score (nSPS) is 22.6. The van der Waals surface area contributed by atoms with E-state index in [1.54, 1.807) is 0 Å². The quantitative estimate of drug-likeness (QED) is 0.929. The number of carboxylic acid groups (broad SMARTS) is 1. The predicted octanol–water partition coefficient (Wildman–Crippen LogP) is 3.06. The lowest BCUT2D eigenvalue weighted by Crippen LogP contribution is -2.35. The van der Waals surface area contributed by atoms with Crippen molar-refractivity contribution in [1.29, 1.82) is 0 Å². The summed E-state index contributed by atoms with van der Waals surface area (Å²) in [7, 11) is 2.14. The fourth-order valence-electron chi connectivity index (χ4n) is 3.75. The van der Waals surface area contributed by atoms with Crippen molar-refractivity contribution in [2.75, 3.05) is 20.1 Å². The van der Waals surface area contributed by atoms with E-state index in [0.29, 0.717) is 0 Å².